The Kier molecular flexibility index (Phi) is 26.8. The third kappa shape index (κ3) is 25.6. The number of hydrogen-bond donors (Lipinski definition) is 0. The van der Waals surface area contributed by atoms with E-state index in [1.165, 1.54) is 77.0 Å². The Morgan fingerprint density at radius 2 is 1.09 bits per heavy atom. The van der Waals surface area contributed by atoms with Gasteiger partial charge < -0.3 is 9.90 Å². The molecule has 0 fully saturated rings. The predicted octanol–water partition coefficient (Wildman–Crippen LogP) is 2.56. The number of aliphatic carboxylic acids is 1. The Morgan fingerprint density at radius 3 is 1.52 bits per heavy atom. The van der Waals surface area contributed by atoms with Crippen LogP contribution in [0.15, 0.2) is 12.2 Å². The first-order valence-corrected chi connectivity index (χ1v) is 9.62. The first kappa shape index (κ1) is 26.5. The Hall–Kier alpha value is 1.26. The average molecular weight is 442 g/mol. The third-order valence-electron chi connectivity index (χ3n) is 4.14. The van der Waals surface area contributed by atoms with Crippen molar-refractivity contribution in [3.05, 3.63) is 12.2 Å². The normalized spacial score (nSPS) is 10.8. The van der Waals surface area contributed by atoms with Gasteiger partial charge in [0.1, 0.15) is 0 Å². The van der Waals surface area contributed by atoms with Crippen molar-refractivity contribution >= 4 is 5.97 Å². The third-order valence-corrected chi connectivity index (χ3v) is 4.14. The van der Waals surface area contributed by atoms with Gasteiger partial charge in [-0.3, -0.25) is 0 Å². The van der Waals surface area contributed by atoms with Crippen molar-refractivity contribution in [2.45, 2.75) is 110 Å². The zero-order valence-corrected chi connectivity index (χ0v) is 22.1. The molecule has 0 rings (SSSR count). The molecule has 0 heterocycles. The van der Waals surface area contributed by atoms with Crippen LogP contribution in [0.25, 0.3) is 0 Å². The summed E-state index contributed by atoms with van der Waals surface area (Å²) in [5.74, 6) is -0.913. The molecule has 0 radical (unpaired) electrons. The molecule has 0 aliphatic heterocycles. The summed E-state index contributed by atoms with van der Waals surface area (Å²) < 4.78 is 0. The van der Waals surface area contributed by atoms with E-state index in [4.69, 9.17) is 0 Å². The molecule has 0 atom stereocenters. The smallest absolute Gasteiger partial charge is 0.550 e. The van der Waals surface area contributed by atoms with Crippen molar-refractivity contribution in [3.8, 4) is 0 Å². The number of carbonyl (C=O) groups excluding carboxylic acids is 1. The van der Waals surface area contributed by atoms with Crippen molar-refractivity contribution < 1.29 is 78.8 Å². The summed E-state index contributed by atoms with van der Waals surface area (Å²) in [6.07, 6.45) is 23.8. The van der Waals surface area contributed by atoms with Crippen LogP contribution in [-0.4, -0.2) is 5.97 Å². The molecular formula is C20H37CsO2. The molecule has 0 aromatic heterocycles. The summed E-state index contributed by atoms with van der Waals surface area (Å²) >= 11 is 0. The molecule has 0 aliphatic rings. The van der Waals surface area contributed by atoms with E-state index in [0.717, 1.165) is 19.3 Å². The maximum atomic E-state index is 10.2. The van der Waals surface area contributed by atoms with Gasteiger partial charge >= 0.3 is 68.9 Å². The van der Waals surface area contributed by atoms with Crippen LogP contribution in [0.4, 0.5) is 0 Å². The zero-order valence-electron chi connectivity index (χ0n) is 15.8. The number of carboxylic acids is 1. The topological polar surface area (TPSA) is 40.1 Å². The molecule has 0 aliphatic carbocycles. The number of unbranched alkanes of at least 4 members (excludes halogenated alkanes) is 13. The fourth-order valence-electron chi connectivity index (χ4n) is 2.69. The fraction of sp³-hybridized carbons (Fsp3) is 0.850. The molecule has 0 spiro atoms. The van der Waals surface area contributed by atoms with Gasteiger partial charge in [0.15, 0.2) is 0 Å². The van der Waals surface area contributed by atoms with Gasteiger partial charge in [-0.15, -0.1) is 0 Å². The number of rotatable bonds is 17. The molecule has 0 N–H and O–H groups in total. The van der Waals surface area contributed by atoms with Gasteiger partial charge in [0, 0.05) is 5.97 Å². The van der Waals surface area contributed by atoms with Crippen LogP contribution in [0.2, 0.25) is 0 Å². The standard InChI is InChI=1S/C20H38O2.Cs/c1-2-3-4-5-6-7-8-9-10-11-12-13-14-15-16-17-18-19-20(21)22;/h11-12H,2-10,13-19H2,1H3,(H,21,22);/q;+1/p-1/b12-11-;. The molecule has 130 valence electrons. The molecular weight excluding hydrogens is 405 g/mol. The zero-order chi connectivity index (χ0) is 16.3. The summed E-state index contributed by atoms with van der Waals surface area (Å²) in [6.45, 7) is 2.27. The Morgan fingerprint density at radius 1 is 0.696 bits per heavy atom. The maximum absolute atomic E-state index is 10.2. The summed E-state index contributed by atoms with van der Waals surface area (Å²) in [4.78, 5) is 10.2. The minimum absolute atomic E-state index is 0. The average Bonchev–Trinajstić information content (AvgIpc) is 2.50. The maximum Gasteiger partial charge on any atom is 1.00 e. The summed E-state index contributed by atoms with van der Waals surface area (Å²) in [6, 6.07) is 0. The molecule has 0 saturated carbocycles. The monoisotopic (exact) mass is 442 g/mol. The molecule has 0 aromatic rings. The number of carbonyl (C=O) groups is 1. The molecule has 0 aromatic carbocycles. The van der Waals surface area contributed by atoms with Crippen molar-refractivity contribution in [1.29, 1.82) is 0 Å². The number of carboxylic acid groups (broad SMARTS) is 1. The van der Waals surface area contributed by atoms with E-state index in [-0.39, 0.29) is 75.3 Å². The molecule has 3 heteroatoms. The minimum atomic E-state index is -0.913. The van der Waals surface area contributed by atoms with Crippen molar-refractivity contribution in [2.24, 2.45) is 0 Å². The van der Waals surface area contributed by atoms with E-state index in [1.807, 2.05) is 0 Å². The van der Waals surface area contributed by atoms with Crippen LogP contribution >= 0.6 is 0 Å². The fourth-order valence-corrected chi connectivity index (χ4v) is 2.69. The molecule has 2 nitrogen and oxygen atoms in total. The largest absolute Gasteiger partial charge is 1.00 e. The van der Waals surface area contributed by atoms with Crippen LogP contribution < -0.4 is 74.0 Å². The van der Waals surface area contributed by atoms with E-state index >= 15 is 0 Å². The number of hydrogen-bond acceptors (Lipinski definition) is 2. The van der Waals surface area contributed by atoms with Crippen LogP contribution in [-0.2, 0) is 4.79 Å². The van der Waals surface area contributed by atoms with Gasteiger partial charge in [-0.25, -0.2) is 0 Å². The first-order valence-electron chi connectivity index (χ1n) is 9.62. The second kappa shape index (κ2) is 23.3. The molecule has 0 amide bonds. The van der Waals surface area contributed by atoms with Gasteiger partial charge in [0.25, 0.3) is 0 Å². The van der Waals surface area contributed by atoms with E-state index in [2.05, 4.69) is 19.1 Å². The Bertz CT molecular complexity index is 264. The van der Waals surface area contributed by atoms with Crippen molar-refractivity contribution in [3.63, 3.8) is 0 Å². The van der Waals surface area contributed by atoms with Crippen LogP contribution in [0.3, 0.4) is 0 Å². The van der Waals surface area contributed by atoms with Crippen molar-refractivity contribution in [1.82, 2.24) is 0 Å². The summed E-state index contributed by atoms with van der Waals surface area (Å²) in [5, 5.41) is 10.2. The quantitative estimate of drug-likeness (QED) is 0.257. The van der Waals surface area contributed by atoms with Gasteiger partial charge in [-0.05, 0) is 38.5 Å². The van der Waals surface area contributed by atoms with Gasteiger partial charge in [-0.1, -0.05) is 83.3 Å². The van der Waals surface area contributed by atoms with Gasteiger partial charge in [-0.2, -0.15) is 0 Å². The van der Waals surface area contributed by atoms with E-state index in [1.54, 1.807) is 0 Å². The van der Waals surface area contributed by atoms with E-state index in [9.17, 15) is 9.90 Å². The van der Waals surface area contributed by atoms with Crippen LogP contribution in [0, 0.1) is 0 Å². The summed E-state index contributed by atoms with van der Waals surface area (Å²) in [7, 11) is 0. The SMILES string of the molecule is CCCCCCCCCC/C=C\CCCCCCCC(=O)[O-].[Cs+]. The second-order valence-electron chi connectivity index (χ2n) is 6.41. The van der Waals surface area contributed by atoms with E-state index in [0.29, 0.717) is 0 Å². The Balaban J connectivity index is 0. The number of allylic oxidation sites excluding steroid dienone is 2. The van der Waals surface area contributed by atoms with Gasteiger partial charge in [0.2, 0.25) is 0 Å². The first-order chi connectivity index (χ1) is 10.8. The molecule has 0 bridgehead atoms. The Labute approximate surface area is 203 Å². The predicted molar refractivity (Wildman–Crippen MR) is 93.7 cm³/mol. The minimum Gasteiger partial charge on any atom is -0.550 e. The van der Waals surface area contributed by atoms with E-state index < -0.39 is 5.97 Å². The van der Waals surface area contributed by atoms with Crippen molar-refractivity contribution in [2.75, 3.05) is 0 Å². The molecule has 0 saturated heterocycles. The molecule has 23 heavy (non-hydrogen) atoms. The second-order valence-corrected chi connectivity index (χ2v) is 6.41. The summed E-state index contributed by atoms with van der Waals surface area (Å²) in [5.41, 5.74) is 0. The molecule has 0 unspecified atom stereocenters. The van der Waals surface area contributed by atoms with Crippen LogP contribution in [0.5, 0.6) is 0 Å². The van der Waals surface area contributed by atoms with Gasteiger partial charge in [0.05, 0.1) is 0 Å². The van der Waals surface area contributed by atoms with Crippen LogP contribution in [0.1, 0.15) is 110 Å².